The van der Waals surface area contributed by atoms with Crippen molar-refractivity contribution < 1.29 is 14.3 Å². The molecule has 0 fully saturated rings. The van der Waals surface area contributed by atoms with Gasteiger partial charge in [0.15, 0.2) is 6.61 Å². The number of nitrogens with zero attached hydrogens (tertiary/aromatic N) is 1. The number of carbonyl (C=O) groups is 2. The van der Waals surface area contributed by atoms with E-state index >= 15 is 0 Å². The molecule has 1 atom stereocenters. The van der Waals surface area contributed by atoms with E-state index in [1.54, 1.807) is 13.1 Å². The fraction of sp³-hybridized carbons (Fsp3) is 0.391. The average molecular weight is 417 g/mol. The highest BCUT2D eigenvalue weighted by Crippen LogP contribution is 2.26. The lowest BCUT2D eigenvalue weighted by Crippen LogP contribution is -2.49. The van der Waals surface area contributed by atoms with Crippen molar-refractivity contribution in [3.63, 3.8) is 0 Å². The molecule has 156 valence electrons. The molecule has 0 aliphatic heterocycles. The molecule has 0 radical (unpaired) electrons. The quantitative estimate of drug-likeness (QED) is 0.659. The van der Waals surface area contributed by atoms with Gasteiger partial charge in [0.05, 0.1) is 0 Å². The summed E-state index contributed by atoms with van der Waals surface area (Å²) in [5.74, 6) is 0.478. The van der Waals surface area contributed by atoms with Crippen molar-refractivity contribution in [1.82, 2.24) is 10.2 Å². The van der Waals surface area contributed by atoms with E-state index in [1.807, 2.05) is 49.4 Å². The summed E-state index contributed by atoms with van der Waals surface area (Å²) in [6, 6.07) is 14.4. The summed E-state index contributed by atoms with van der Waals surface area (Å²) in [5.41, 5.74) is 1.82. The van der Waals surface area contributed by atoms with E-state index in [0.717, 1.165) is 11.1 Å². The van der Waals surface area contributed by atoms with Crippen molar-refractivity contribution >= 4 is 23.4 Å². The first-order chi connectivity index (χ1) is 13.9. The van der Waals surface area contributed by atoms with Crippen LogP contribution >= 0.6 is 11.6 Å². The number of benzene rings is 2. The molecule has 6 heteroatoms. The summed E-state index contributed by atoms with van der Waals surface area (Å²) in [6.07, 6.45) is 0.485. The van der Waals surface area contributed by atoms with E-state index in [1.165, 1.54) is 4.90 Å². The fourth-order valence-electron chi connectivity index (χ4n) is 3.21. The third-order valence-electron chi connectivity index (χ3n) is 4.82. The van der Waals surface area contributed by atoms with Crippen molar-refractivity contribution in [2.24, 2.45) is 0 Å². The van der Waals surface area contributed by atoms with E-state index in [0.29, 0.717) is 17.2 Å². The number of hydrogen-bond donors (Lipinski definition) is 1. The lowest BCUT2D eigenvalue weighted by atomic mass is 10.0. The van der Waals surface area contributed by atoms with Crippen molar-refractivity contribution in [1.29, 1.82) is 0 Å². The lowest BCUT2D eigenvalue weighted by molar-refractivity contribution is -0.142. The van der Waals surface area contributed by atoms with Crippen molar-refractivity contribution in [2.45, 2.75) is 45.7 Å². The van der Waals surface area contributed by atoms with Crippen molar-refractivity contribution in [2.75, 3.05) is 13.7 Å². The second kappa shape index (κ2) is 10.9. The van der Waals surface area contributed by atoms with Crippen LogP contribution in [-0.2, 0) is 16.1 Å². The normalized spacial score (nSPS) is 11.8. The molecule has 29 heavy (non-hydrogen) atoms. The molecule has 0 aliphatic rings. The zero-order valence-electron chi connectivity index (χ0n) is 17.4. The first-order valence-electron chi connectivity index (χ1n) is 9.85. The minimum atomic E-state index is -0.604. The number of halogens is 1. The summed E-state index contributed by atoms with van der Waals surface area (Å²) >= 11 is 6.29. The van der Waals surface area contributed by atoms with Gasteiger partial charge in [-0.15, -0.1) is 0 Å². The molecule has 0 saturated heterocycles. The summed E-state index contributed by atoms with van der Waals surface area (Å²) in [4.78, 5) is 27.1. The highest BCUT2D eigenvalue weighted by atomic mass is 35.5. The minimum Gasteiger partial charge on any atom is -0.483 e. The van der Waals surface area contributed by atoms with Crippen LogP contribution in [0.2, 0.25) is 5.02 Å². The van der Waals surface area contributed by atoms with Gasteiger partial charge in [-0.3, -0.25) is 9.59 Å². The first kappa shape index (κ1) is 22.8. The maximum absolute atomic E-state index is 13.1. The van der Waals surface area contributed by atoms with E-state index in [-0.39, 0.29) is 30.9 Å². The predicted octanol–water partition coefficient (Wildman–Crippen LogP) is 4.40. The molecule has 0 saturated carbocycles. The molecule has 1 N–H and O–H groups in total. The zero-order chi connectivity index (χ0) is 21.4. The summed E-state index contributed by atoms with van der Waals surface area (Å²) < 4.78 is 5.86. The molecule has 0 spiro atoms. The first-order valence-corrected chi connectivity index (χ1v) is 10.2. The molecule has 2 rings (SSSR count). The van der Waals surface area contributed by atoms with Gasteiger partial charge in [-0.2, -0.15) is 0 Å². The maximum atomic E-state index is 13.1. The molecule has 2 aromatic carbocycles. The second-order valence-electron chi connectivity index (χ2n) is 7.13. The Hall–Kier alpha value is -2.53. The Morgan fingerprint density at radius 1 is 1.10 bits per heavy atom. The Balaban J connectivity index is 2.24. The van der Waals surface area contributed by atoms with Crippen LogP contribution in [0, 0.1) is 0 Å². The fourth-order valence-corrected chi connectivity index (χ4v) is 3.40. The number of hydrogen-bond acceptors (Lipinski definition) is 3. The average Bonchev–Trinajstić information content (AvgIpc) is 2.73. The standard InChI is InChI=1S/C23H29ClN2O3/c1-5-20(23(28)25-4)26(14-17-10-6-8-12-19(17)24)22(27)15-29-21-13-9-7-11-18(21)16(2)3/h6-13,16,20H,5,14-15H2,1-4H3,(H,25,28). The van der Waals surface area contributed by atoms with E-state index < -0.39 is 6.04 Å². The van der Waals surface area contributed by atoms with Crippen LogP contribution in [0.15, 0.2) is 48.5 Å². The predicted molar refractivity (Wildman–Crippen MR) is 116 cm³/mol. The Morgan fingerprint density at radius 3 is 2.38 bits per heavy atom. The monoisotopic (exact) mass is 416 g/mol. The van der Waals surface area contributed by atoms with Crippen molar-refractivity contribution in [3.05, 3.63) is 64.7 Å². The zero-order valence-corrected chi connectivity index (χ0v) is 18.2. The molecule has 2 amide bonds. The third-order valence-corrected chi connectivity index (χ3v) is 5.19. The van der Waals surface area contributed by atoms with Gasteiger partial charge < -0.3 is 15.0 Å². The lowest BCUT2D eigenvalue weighted by Gasteiger charge is -2.30. The summed E-state index contributed by atoms with van der Waals surface area (Å²) in [6.45, 7) is 6.11. The minimum absolute atomic E-state index is 0.151. The number of likely N-dealkylation sites (N-methyl/N-ethyl adjacent to an activating group) is 1. The number of rotatable bonds is 9. The number of para-hydroxylation sites is 1. The molecule has 0 bridgehead atoms. The van der Waals surface area contributed by atoms with Gasteiger partial charge >= 0.3 is 0 Å². The molecule has 2 aromatic rings. The largest absolute Gasteiger partial charge is 0.483 e. The van der Waals surface area contributed by atoms with Gasteiger partial charge in [0.1, 0.15) is 11.8 Å². The molecular weight excluding hydrogens is 388 g/mol. The van der Waals surface area contributed by atoms with Crippen LogP contribution in [0.1, 0.15) is 44.2 Å². The van der Waals surface area contributed by atoms with Crippen LogP contribution in [0.3, 0.4) is 0 Å². The van der Waals surface area contributed by atoms with Crippen LogP contribution in [-0.4, -0.2) is 36.4 Å². The van der Waals surface area contributed by atoms with Gasteiger partial charge in [0.2, 0.25) is 5.91 Å². The molecule has 0 aromatic heterocycles. The second-order valence-corrected chi connectivity index (χ2v) is 7.54. The Labute approximate surface area is 178 Å². The van der Waals surface area contributed by atoms with Crippen LogP contribution < -0.4 is 10.1 Å². The SMILES string of the molecule is CCC(C(=O)NC)N(Cc1ccccc1Cl)C(=O)COc1ccccc1C(C)C. The number of ether oxygens (including phenoxy) is 1. The van der Waals surface area contributed by atoms with Crippen molar-refractivity contribution in [3.8, 4) is 5.75 Å². The van der Waals surface area contributed by atoms with Crippen LogP contribution in [0.25, 0.3) is 0 Å². The van der Waals surface area contributed by atoms with Gasteiger partial charge in [-0.05, 0) is 35.6 Å². The molecular formula is C23H29ClN2O3. The van der Waals surface area contributed by atoms with Gasteiger partial charge in [-0.1, -0.05) is 68.8 Å². The smallest absolute Gasteiger partial charge is 0.261 e. The third kappa shape index (κ3) is 5.97. The van der Waals surface area contributed by atoms with Crippen LogP contribution in [0.5, 0.6) is 5.75 Å². The van der Waals surface area contributed by atoms with Crippen LogP contribution in [0.4, 0.5) is 0 Å². The summed E-state index contributed by atoms with van der Waals surface area (Å²) in [5, 5.41) is 3.20. The summed E-state index contributed by atoms with van der Waals surface area (Å²) in [7, 11) is 1.57. The molecule has 0 aliphatic carbocycles. The Kier molecular flexibility index (Phi) is 8.52. The number of carbonyl (C=O) groups excluding carboxylic acids is 2. The highest BCUT2D eigenvalue weighted by Gasteiger charge is 2.29. The molecule has 1 unspecified atom stereocenters. The van der Waals surface area contributed by atoms with E-state index in [2.05, 4.69) is 19.2 Å². The van der Waals surface area contributed by atoms with E-state index in [4.69, 9.17) is 16.3 Å². The Morgan fingerprint density at radius 2 is 1.76 bits per heavy atom. The van der Waals surface area contributed by atoms with Gasteiger partial charge in [-0.25, -0.2) is 0 Å². The maximum Gasteiger partial charge on any atom is 0.261 e. The Bertz CT molecular complexity index is 838. The van der Waals surface area contributed by atoms with Gasteiger partial charge in [0.25, 0.3) is 5.91 Å². The molecule has 0 heterocycles. The van der Waals surface area contributed by atoms with E-state index in [9.17, 15) is 9.59 Å². The number of amides is 2. The van der Waals surface area contributed by atoms with Gasteiger partial charge in [0, 0.05) is 18.6 Å². The highest BCUT2D eigenvalue weighted by molar-refractivity contribution is 6.31. The number of nitrogens with one attached hydrogen (secondary N) is 1. The topological polar surface area (TPSA) is 58.6 Å². The molecule has 5 nitrogen and oxygen atoms in total.